The molecule has 0 aromatic heterocycles. The van der Waals surface area contributed by atoms with Gasteiger partial charge in [0, 0.05) is 18.3 Å². The number of hydrogen-bond acceptors (Lipinski definition) is 4. The molecule has 2 N–H and O–H groups in total. The first-order valence-corrected chi connectivity index (χ1v) is 10.1. The molecule has 1 heterocycles. The number of benzene rings is 1. The van der Waals surface area contributed by atoms with Crippen LogP contribution in [0.3, 0.4) is 0 Å². The molecule has 1 atom stereocenters. The summed E-state index contributed by atoms with van der Waals surface area (Å²) in [5.41, 5.74) is 1.11. The normalized spacial score (nSPS) is 19.0. The van der Waals surface area contributed by atoms with Gasteiger partial charge in [-0.25, -0.2) is 13.1 Å². The average Bonchev–Trinajstić information content (AvgIpc) is 3.00. The molecule has 1 fully saturated rings. The first-order chi connectivity index (χ1) is 10.1. The largest absolute Gasteiger partial charge is 0.313 e. The van der Waals surface area contributed by atoms with Gasteiger partial charge in [-0.05, 0) is 49.3 Å². The van der Waals surface area contributed by atoms with E-state index in [4.69, 9.17) is 0 Å². The van der Waals surface area contributed by atoms with Gasteiger partial charge >= 0.3 is 0 Å². The molecule has 2 rings (SSSR count). The summed E-state index contributed by atoms with van der Waals surface area (Å²) in [6, 6.07) is 7.13. The summed E-state index contributed by atoms with van der Waals surface area (Å²) in [5, 5.41) is 3.73. The van der Waals surface area contributed by atoms with Crippen molar-refractivity contribution in [1.82, 2.24) is 10.0 Å². The highest BCUT2D eigenvalue weighted by Crippen LogP contribution is 2.25. The molecule has 21 heavy (non-hydrogen) atoms. The van der Waals surface area contributed by atoms with Gasteiger partial charge in [-0.2, -0.15) is 11.8 Å². The monoisotopic (exact) mass is 328 g/mol. The van der Waals surface area contributed by atoms with Crippen molar-refractivity contribution in [2.45, 2.75) is 42.9 Å². The summed E-state index contributed by atoms with van der Waals surface area (Å²) in [5.74, 6) is 1.14. The smallest absolute Gasteiger partial charge is 0.240 e. The van der Waals surface area contributed by atoms with Crippen molar-refractivity contribution in [2.75, 3.05) is 18.8 Å². The first kappa shape index (κ1) is 16.8. The Bertz CT molecular complexity index is 523. The van der Waals surface area contributed by atoms with Crippen LogP contribution in [0, 0.1) is 0 Å². The highest BCUT2D eigenvalue weighted by atomic mass is 32.2. The van der Waals surface area contributed by atoms with E-state index in [0.29, 0.717) is 16.7 Å². The second-order valence-electron chi connectivity index (χ2n) is 5.31. The van der Waals surface area contributed by atoms with E-state index < -0.39 is 10.0 Å². The van der Waals surface area contributed by atoms with Gasteiger partial charge in [0.2, 0.25) is 10.0 Å². The minimum Gasteiger partial charge on any atom is -0.313 e. The lowest BCUT2D eigenvalue weighted by atomic mass is 10.2. The minimum absolute atomic E-state index is 0.352. The number of rotatable bonds is 8. The van der Waals surface area contributed by atoms with Crippen LogP contribution in [0.25, 0.3) is 0 Å². The quantitative estimate of drug-likeness (QED) is 0.719. The zero-order valence-corrected chi connectivity index (χ0v) is 14.1. The van der Waals surface area contributed by atoms with Crippen molar-refractivity contribution >= 4 is 21.8 Å². The standard InChI is InChI=1S/C15H24N2O2S2/c1-2-9-16-11-13-5-7-15(8-6-13)21(18,19)17-12-14-4-3-10-20-14/h5-8,14,16-17H,2-4,9-12H2,1H3. The number of sulfonamides is 1. The van der Waals surface area contributed by atoms with E-state index in [-0.39, 0.29) is 0 Å². The zero-order chi connectivity index (χ0) is 15.1. The Morgan fingerprint density at radius 1 is 1.29 bits per heavy atom. The summed E-state index contributed by atoms with van der Waals surface area (Å²) in [4.78, 5) is 0.352. The molecule has 1 aliphatic heterocycles. The Kier molecular flexibility index (Phi) is 6.54. The minimum atomic E-state index is -3.37. The fourth-order valence-electron chi connectivity index (χ4n) is 2.29. The molecule has 0 spiro atoms. The highest BCUT2D eigenvalue weighted by molar-refractivity contribution is 8.00. The summed E-state index contributed by atoms with van der Waals surface area (Å²) < 4.78 is 27.2. The summed E-state index contributed by atoms with van der Waals surface area (Å²) in [7, 11) is -3.37. The number of thioether (sulfide) groups is 1. The second kappa shape index (κ2) is 8.17. The molecule has 0 radical (unpaired) electrons. The predicted octanol–water partition coefficient (Wildman–Crippen LogP) is 2.36. The van der Waals surface area contributed by atoms with Gasteiger partial charge in [-0.15, -0.1) is 0 Å². The molecule has 118 valence electrons. The van der Waals surface area contributed by atoms with E-state index in [0.717, 1.165) is 37.2 Å². The fourth-order valence-corrected chi connectivity index (χ4v) is 4.68. The van der Waals surface area contributed by atoms with Gasteiger partial charge in [0.15, 0.2) is 0 Å². The van der Waals surface area contributed by atoms with Gasteiger partial charge < -0.3 is 5.32 Å². The lowest BCUT2D eigenvalue weighted by Gasteiger charge is -2.11. The number of hydrogen-bond donors (Lipinski definition) is 2. The van der Waals surface area contributed by atoms with E-state index in [1.165, 1.54) is 6.42 Å². The van der Waals surface area contributed by atoms with E-state index in [1.54, 1.807) is 12.1 Å². The predicted molar refractivity (Wildman–Crippen MR) is 89.1 cm³/mol. The van der Waals surface area contributed by atoms with E-state index in [9.17, 15) is 8.42 Å². The molecule has 0 bridgehead atoms. The molecule has 1 aromatic carbocycles. The highest BCUT2D eigenvalue weighted by Gasteiger charge is 2.19. The van der Waals surface area contributed by atoms with Gasteiger partial charge in [-0.1, -0.05) is 19.1 Å². The van der Waals surface area contributed by atoms with Crippen LogP contribution < -0.4 is 10.0 Å². The molecule has 1 saturated heterocycles. The average molecular weight is 329 g/mol. The van der Waals surface area contributed by atoms with Crippen LogP contribution in [0.1, 0.15) is 31.7 Å². The fraction of sp³-hybridized carbons (Fsp3) is 0.600. The third-order valence-corrected chi connectivity index (χ3v) is 6.35. The van der Waals surface area contributed by atoms with Gasteiger partial charge in [0.1, 0.15) is 0 Å². The maximum Gasteiger partial charge on any atom is 0.240 e. The zero-order valence-electron chi connectivity index (χ0n) is 12.5. The van der Waals surface area contributed by atoms with Crippen LogP contribution in [-0.4, -0.2) is 32.5 Å². The molecule has 0 saturated carbocycles. The van der Waals surface area contributed by atoms with E-state index >= 15 is 0 Å². The van der Waals surface area contributed by atoms with Gasteiger partial charge in [0.05, 0.1) is 4.90 Å². The molecular formula is C15H24N2O2S2. The van der Waals surface area contributed by atoms with Crippen molar-refractivity contribution < 1.29 is 8.42 Å². The summed E-state index contributed by atoms with van der Waals surface area (Å²) >= 11 is 1.86. The Morgan fingerprint density at radius 3 is 2.67 bits per heavy atom. The van der Waals surface area contributed by atoms with Crippen molar-refractivity contribution in [1.29, 1.82) is 0 Å². The summed E-state index contributed by atoms with van der Waals surface area (Å²) in [6.45, 7) is 4.41. The van der Waals surface area contributed by atoms with Crippen LogP contribution in [0.5, 0.6) is 0 Å². The van der Waals surface area contributed by atoms with Crippen molar-refractivity contribution in [3.05, 3.63) is 29.8 Å². The Hall–Kier alpha value is -0.560. The van der Waals surface area contributed by atoms with E-state index in [2.05, 4.69) is 17.0 Å². The maximum atomic E-state index is 12.2. The van der Waals surface area contributed by atoms with Crippen LogP contribution in [0.4, 0.5) is 0 Å². The molecule has 4 nitrogen and oxygen atoms in total. The lowest BCUT2D eigenvalue weighted by molar-refractivity contribution is 0.579. The third kappa shape index (κ3) is 5.29. The Labute approximate surface area is 132 Å². The topological polar surface area (TPSA) is 58.2 Å². The van der Waals surface area contributed by atoms with Crippen molar-refractivity contribution in [2.24, 2.45) is 0 Å². The lowest BCUT2D eigenvalue weighted by Crippen LogP contribution is -2.29. The third-order valence-electron chi connectivity index (χ3n) is 3.51. The molecule has 1 aromatic rings. The molecule has 0 aliphatic carbocycles. The molecule has 6 heteroatoms. The Balaban J connectivity index is 1.89. The first-order valence-electron chi connectivity index (χ1n) is 7.53. The van der Waals surface area contributed by atoms with Crippen molar-refractivity contribution in [3.8, 4) is 0 Å². The van der Waals surface area contributed by atoms with Crippen molar-refractivity contribution in [3.63, 3.8) is 0 Å². The molecular weight excluding hydrogens is 304 g/mol. The molecule has 1 aliphatic rings. The summed E-state index contributed by atoms with van der Waals surface area (Å²) in [6.07, 6.45) is 3.39. The van der Waals surface area contributed by atoms with Crippen LogP contribution in [-0.2, 0) is 16.6 Å². The van der Waals surface area contributed by atoms with Gasteiger partial charge in [-0.3, -0.25) is 0 Å². The number of nitrogens with one attached hydrogen (secondary N) is 2. The molecule has 0 amide bonds. The van der Waals surface area contributed by atoms with E-state index in [1.807, 2.05) is 23.9 Å². The van der Waals surface area contributed by atoms with Crippen LogP contribution in [0.15, 0.2) is 29.2 Å². The molecule has 1 unspecified atom stereocenters. The maximum absolute atomic E-state index is 12.2. The van der Waals surface area contributed by atoms with Crippen LogP contribution >= 0.6 is 11.8 Å². The van der Waals surface area contributed by atoms with Crippen LogP contribution in [0.2, 0.25) is 0 Å². The second-order valence-corrected chi connectivity index (χ2v) is 8.48. The van der Waals surface area contributed by atoms with Gasteiger partial charge in [0.25, 0.3) is 0 Å². The SMILES string of the molecule is CCCNCc1ccc(S(=O)(=O)NCC2CCCS2)cc1. The Morgan fingerprint density at radius 2 is 2.05 bits per heavy atom.